The summed E-state index contributed by atoms with van der Waals surface area (Å²) in [4.78, 5) is 54.5. The number of thioether (sulfide) groups is 1. The molecule has 0 spiro atoms. The Kier molecular flexibility index (Phi) is 4.08. The van der Waals surface area contributed by atoms with Crippen LogP contribution in [0.5, 0.6) is 0 Å². The molecular weight excluding hydrogens is 436 g/mol. The summed E-state index contributed by atoms with van der Waals surface area (Å²) >= 11 is 2.88. The summed E-state index contributed by atoms with van der Waals surface area (Å²) in [5.74, 6) is -2.54. The lowest BCUT2D eigenvalue weighted by Gasteiger charge is -2.43. The van der Waals surface area contributed by atoms with Crippen molar-refractivity contribution in [3.8, 4) is 0 Å². The molecule has 0 unspecified atom stereocenters. The molecule has 31 heavy (non-hydrogen) atoms. The van der Waals surface area contributed by atoms with E-state index in [9.17, 15) is 24.3 Å². The molecule has 1 aromatic heterocycles. The van der Waals surface area contributed by atoms with Crippen molar-refractivity contribution < 1.29 is 19.5 Å². The van der Waals surface area contributed by atoms with Gasteiger partial charge in [-0.15, -0.1) is 11.8 Å². The topological polar surface area (TPSA) is 108 Å². The number of aromatic amines is 1. The highest BCUT2D eigenvalue weighted by molar-refractivity contribution is 8.00. The number of amides is 2. The lowest BCUT2D eigenvalue weighted by atomic mass is 9.67. The number of aryl methyl sites for hydroxylation is 1. The van der Waals surface area contributed by atoms with Crippen molar-refractivity contribution in [3.05, 3.63) is 49.9 Å². The van der Waals surface area contributed by atoms with E-state index in [1.807, 2.05) is 12.1 Å². The monoisotopic (exact) mass is 456 g/mol. The Morgan fingerprint density at radius 3 is 2.58 bits per heavy atom. The molecule has 1 aromatic carbocycles. The second kappa shape index (κ2) is 6.56. The Balaban J connectivity index is 1.47. The number of aromatic nitrogens is 1. The van der Waals surface area contributed by atoms with E-state index in [-0.39, 0.29) is 45.6 Å². The third-order valence-electron chi connectivity index (χ3n) is 7.63. The lowest BCUT2D eigenvalue weighted by Crippen LogP contribution is -2.42. The van der Waals surface area contributed by atoms with E-state index in [2.05, 4.69) is 24.0 Å². The molecule has 160 valence electrons. The Labute approximate surface area is 185 Å². The fraction of sp³-hybridized carbons (Fsp3) is 0.455. The molecule has 3 fully saturated rings. The van der Waals surface area contributed by atoms with Gasteiger partial charge >= 0.3 is 10.8 Å². The molecule has 2 aliphatic heterocycles. The number of benzene rings is 1. The zero-order chi connectivity index (χ0) is 21.6. The molecule has 2 saturated carbocycles. The number of carbonyl (C=O) groups excluding carboxylic acids is 2. The zero-order valence-electron chi connectivity index (χ0n) is 16.6. The van der Waals surface area contributed by atoms with Crippen molar-refractivity contribution in [2.45, 2.75) is 29.5 Å². The molecule has 6 rings (SSSR count). The molecule has 4 aliphatic rings. The average Bonchev–Trinajstić information content (AvgIpc) is 3.44. The molecule has 3 heterocycles. The van der Waals surface area contributed by atoms with Crippen molar-refractivity contribution in [2.24, 2.45) is 29.6 Å². The Hall–Kier alpha value is -2.39. The molecule has 2 N–H and O–H groups in total. The third kappa shape index (κ3) is 2.53. The van der Waals surface area contributed by atoms with Gasteiger partial charge in [0.15, 0.2) is 0 Å². The van der Waals surface area contributed by atoms with Crippen LogP contribution in [-0.4, -0.2) is 44.6 Å². The summed E-state index contributed by atoms with van der Waals surface area (Å²) in [6.45, 7) is 1.50. The summed E-state index contributed by atoms with van der Waals surface area (Å²) in [6, 6.07) is 8.16. The van der Waals surface area contributed by atoms with Crippen molar-refractivity contribution in [1.82, 2.24) is 9.88 Å². The molecule has 2 bridgehead atoms. The SMILES string of the molecule is Cc1ccccc1[C@@H]1c2sc(=O)[nH]c2S[C@@H]2[C@H]3C[C@@H]([C@H]4C(=O)N(CC(=O)O)C(=O)[C@@H]34)[C@@H]12. The summed E-state index contributed by atoms with van der Waals surface area (Å²) in [7, 11) is 0. The fourth-order valence-corrected chi connectivity index (χ4v) is 9.53. The number of aliphatic carboxylic acids is 1. The van der Waals surface area contributed by atoms with Gasteiger partial charge in [0.1, 0.15) is 6.54 Å². The first-order chi connectivity index (χ1) is 14.9. The largest absolute Gasteiger partial charge is 0.480 e. The van der Waals surface area contributed by atoms with Gasteiger partial charge in [-0.1, -0.05) is 35.6 Å². The first-order valence-corrected chi connectivity index (χ1v) is 12.1. The summed E-state index contributed by atoms with van der Waals surface area (Å²) < 4.78 is 0. The van der Waals surface area contributed by atoms with Gasteiger partial charge in [0, 0.05) is 16.0 Å². The van der Waals surface area contributed by atoms with Gasteiger partial charge in [-0.2, -0.15) is 0 Å². The maximum Gasteiger partial charge on any atom is 0.323 e. The van der Waals surface area contributed by atoms with E-state index in [0.717, 1.165) is 32.4 Å². The molecule has 9 heteroatoms. The van der Waals surface area contributed by atoms with E-state index >= 15 is 0 Å². The number of hydrogen-bond donors (Lipinski definition) is 2. The highest BCUT2D eigenvalue weighted by atomic mass is 32.2. The molecule has 7 atom stereocenters. The summed E-state index contributed by atoms with van der Waals surface area (Å²) in [5.41, 5.74) is 2.31. The van der Waals surface area contributed by atoms with Crippen LogP contribution < -0.4 is 4.87 Å². The maximum atomic E-state index is 13.1. The normalized spacial score (nSPS) is 35.3. The van der Waals surface area contributed by atoms with Gasteiger partial charge in [-0.05, 0) is 42.2 Å². The Bertz CT molecular complexity index is 1200. The maximum absolute atomic E-state index is 13.1. The van der Waals surface area contributed by atoms with Crippen LogP contribution in [0, 0.1) is 36.5 Å². The fourth-order valence-electron chi connectivity index (χ4n) is 6.65. The highest BCUT2D eigenvalue weighted by Gasteiger charge is 2.69. The van der Waals surface area contributed by atoms with Crippen molar-refractivity contribution >= 4 is 40.9 Å². The molecule has 2 aromatic rings. The molecule has 1 saturated heterocycles. The van der Waals surface area contributed by atoms with Gasteiger partial charge in [0.05, 0.1) is 16.9 Å². The first-order valence-electron chi connectivity index (χ1n) is 10.4. The second-order valence-electron chi connectivity index (χ2n) is 8.97. The van der Waals surface area contributed by atoms with Crippen LogP contribution in [0.15, 0.2) is 34.1 Å². The van der Waals surface area contributed by atoms with Crippen LogP contribution in [0.25, 0.3) is 0 Å². The minimum Gasteiger partial charge on any atom is -0.480 e. The predicted molar refractivity (Wildman–Crippen MR) is 114 cm³/mol. The summed E-state index contributed by atoms with van der Waals surface area (Å²) in [6.07, 6.45) is 0.803. The number of carboxylic acids is 1. The highest BCUT2D eigenvalue weighted by Crippen LogP contribution is 2.68. The van der Waals surface area contributed by atoms with Gasteiger partial charge < -0.3 is 10.1 Å². The number of nitrogens with one attached hydrogen (secondary N) is 1. The standard InChI is InChI=1S/C22H20N2O5S2/c1-8-4-2-3-5-9(8)13-14-10-6-11(17(14)30-19-18(13)31-22(29)23-19)16-15(10)20(27)24(21(16)28)7-12(25)26/h2-5,10-11,13-17H,6-7H2,1H3,(H,23,29)(H,25,26)/t10-,11+,13+,14+,15-,16+,17-/m1/s1. The minimum absolute atomic E-state index is 0.00113. The number of thiazole rings is 1. The van der Waals surface area contributed by atoms with E-state index in [1.165, 1.54) is 11.3 Å². The van der Waals surface area contributed by atoms with Gasteiger partial charge in [-0.3, -0.25) is 24.1 Å². The van der Waals surface area contributed by atoms with Crippen LogP contribution >= 0.6 is 23.1 Å². The number of hydrogen-bond acceptors (Lipinski definition) is 6. The van der Waals surface area contributed by atoms with Crippen LogP contribution in [0.2, 0.25) is 0 Å². The number of carboxylic acid groups (broad SMARTS) is 1. The predicted octanol–water partition coefficient (Wildman–Crippen LogP) is 2.30. The number of H-pyrrole nitrogens is 1. The zero-order valence-corrected chi connectivity index (χ0v) is 18.2. The van der Waals surface area contributed by atoms with E-state index in [4.69, 9.17) is 0 Å². The van der Waals surface area contributed by atoms with Crippen LogP contribution in [0.4, 0.5) is 0 Å². The number of carbonyl (C=O) groups is 3. The van der Waals surface area contributed by atoms with Gasteiger partial charge in [0.2, 0.25) is 11.8 Å². The summed E-state index contributed by atoms with van der Waals surface area (Å²) in [5, 5.41) is 10.2. The van der Waals surface area contributed by atoms with E-state index < -0.39 is 24.3 Å². The van der Waals surface area contributed by atoms with Crippen LogP contribution in [0.3, 0.4) is 0 Å². The van der Waals surface area contributed by atoms with Crippen molar-refractivity contribution in [1.29, 1.82) is 0 Å². The molecule has 2 amide bonds. The van der Waals surface area contributed by atoms with Gasteiger partial charge in [0.25, 0.3) is 0 Å². The molecule has 2 aliphatic carbocycles. The number of fused-ring (bicyclic) bond motifs is 9. The van der Waals surface area contributed by atoms with Crippen molar-refractivity contribution in [3.63, 3.8) is 0 Å². The number of imide groups is 1. The molecular formula is C22H20N2O5S2. The quantitative estimate of drug-likeness (QED) is 0.687. The molecule has 7 nitrogen and oxygen atoms in total. The average molecular weight is 457 g/mol. The van der Waals surface area contributed by atoms with Crippen LogP contribution in [0.1, 0.15) is 28.3 Å². The molecule has 0 radical (unpaired) electrons. The number of rotatable bonds is 3. The van der Waals surface area contributed by atoms with Gasteiger partial charge in [-0.25, -0.2) is 0 Å². The Morgan fingerprint density at radius 2 is 1.87 bits per heavy atom. The third-order valence-corrected chi connectivity index (χ3v) is 10.2. The van der Waals surface area contributed by atoms with E-state index in [1.54, 1.807) is 11.8 Å². The van der Waals surface area contributed by atoms with Crippen molar-refractivity contribution in [2.75, 3.05) is 6.54 Å². The van der Waals surface area contributed by atoms with E-state index in [0.29, 0.717) is 0 Å². The number of likely N-dealkylation sites (tertiary alicyclic amines) is 1. The smallest absolute Gasteiger partial charge is 0.323 e. The minimum atomic E-state index is -1.17. The number of nitrogens with zero attached hydrogens (tertiary/aromatic N) is 1. The first kappa shape index (κ1) is 19.3. The Morgan fingerprint density at radius 1 is 1.16 bits per heavy atom. The van der Waals surface area contributed by atoms with Crippen LogP contribution in [-0.2, 0) is 14.4 Å². The lowest BCUT2D eigenvalue weighted by molar-refractivity contribution is -0.149. The second-order valence-corrected chi connectivity index (χ2v) is 11.2.